The summed E-state index contributed by atoms with van der Waals surface area (Å²) in [5.74, 6) is 0.851. The first-order valence-corrected chi connectivity index (χ1v) is 6.71. The van der Waals surface area contributed by atoms with Gasteiger partial charge in [0.1, 0.15) is 0 Å². The van der Waals surface area contributed by atoms with Crippen molar-refractivity contribution in [3.63, 3.8) is 0 Å². The van der Waals surface area contributed by atoms with E-state index in [0.29, 0.717) is 0 Å². The molecule has 2 aromatic carbocycles. The number of hydrogen-bond donors (Lipinski definition) is 1. The predicted molar refractivity (Wildman–Crippen MR) is 76.9 cm³/mol. The molecule has 0 unspecified atom stereocenters. The molecule has 2 aromatic rings. The summed E-state index contributed by atoms with van der Waals surface area (Å²) in [7, 11) is 0. The van der Waals surface area contributed by atoms with Gasteiger partial charge < -0.3 is 5.32 Å². The molecule has 1 saturated carbocycles. The first-order chi connectivity index (χ1) is 8.81. The van der Waals surface area contributed by atoms with Gasteiger partial charge in [0.2, 0.25) is 0 Å². The van der Waals surface area contributed by atoms with Crippen LogP contribution in [0, 0.1) is 6.92 Å². The summed E-state index contributed by atoms with van der Waals surface area (Å²) in [6.45, 7) is 3.01. The molecular formula is C17H19N. The number of anilines is 1. The van der Waals surface area contributed by atoms with E-state index in [1.807, 2.05) is 0 Å². The molecule has 0 aromatic heterocycles. The molecule has 1 fully saturated rings. The predicted octanol–water partition coefficient (Wildman–Crippen LogP) is 4.48. The summed E-state index contributed by atoms with van der Waals surface area (Å²) in [4.78, 5) is 0. The molecule has 1 aliphatic rings. The van der Waals surface area contributed by atoms with Crippen LogP contribution in [0.4, 0.5) is 5.69 Å². The van der Waals surface area contributed by atoms with Crippen LogP contribution in [0.25, 0.3) is 0 Å². The van der Waals surface area contributed by atoms with Gasteiger partial charge in [-0.3, -0.25) is 0 Å². The van der Waals surface area contributed by atoms with Crippen molar-refractivity contribution in [2.24, 2.45) is 0 Å². The van der Waals surface area contributed by atoms with Crippen molar-refractivity contribution in [3.8, 4) is 0 Å². The van der Waals surface area contributed by atoms with E-state index < -0.39 is 0 Å². The van der Waals surface area contributed by atoms with E-state index in [0.717, 1.165) is 12.5 Å². The molecule has 1 N–H and O–H groups in total. The average molecular weight is 237 g/mol. The van der Waals surface area contributed by atoms with Gasteiger partial charge in [0.25, 0.3) is 0 Å². The molecule has 0 aliphatic heterocycles. The number of hydrogen-bond acceptors (Lipinski definition) is 1. The normalized spacial score (nSPS) is 14.5. The van der Waals surface area contributed by atoms with Crippen LogP contribution in [0.1, 0.15) is 35.4 Å². The zero-order chi connectivity index (χ0) is 12.4. The van der Waals surface area contributed by atoms with Crippen molar-refractivity contribution < 1.29 is 0 Å². The van der Waals surface area contributed by atoms with E-state index >= 15 is 0 Å². The van der Waals surface area contributed by atoms with Crippen LogP contribution < -0.4 is 5.32 Å². The topological polar surface area (TPSA) is 12.0 Å². The molecule has 0 spiro atoms. The summed E-state index contributed by atoms with van der Waals surface area (Å²) >= 11 is 0. The van der Waals surface area contributed by atoms with Crippen LogP contribution in [0.3, 0.4) is 0 Å². The van der Waals surface area contributed by atoms with Crippen LogP contribution in [0.5, 0.6) is 0 Å². The Bertz CT molecular complexity index is 506. The zero-order valence-corrected chi connectivity index (χ0v) is 10.8. The third-order valence-electron chi connectivity index (χ3n) is 3.58. The Kier molecular flexibility index (Phi) is 3.06. The Balaban J connectivity index is 1.60. The molecule has 0 amide bonds. The second kappa shape index (κ2) is 4.85. The van der Waals surface area contributed by atoms with Crippen molar-refractivity contribution in [2.45, 2.75) is 32.2 Å². The van der Waals surface area contributed by atoms with Crippen LogP contribution in [-0.2, 0) is 6.54 Å². The standard InChI is InChI=1S/C17H19N/c1-13-2-10-17(11-3-13)18-12-14-4-6-15(7-5-14)16-8-9-16/h2-7,10-11,16,18H,8-9,12H2,1H3. The van der Waals surface area contributed by atoms with Gasteiger partial charge in [-0.05, 0) is 48.9 Å². The second-order valence-corrected chi connectivity index (χ2v) is 5.24. The van der Waals surface area contributed by atoms with Crippen molar-refractivity contribution >= 4 is 5.69 Å². The van der Waals surface area contributed by atoms with Crippen molar-refractivity contribution in [1.82, 2.24) is 0 Å². The lowest BCUT2D eigenvalue weighted by molar-refractivity contribution is 1.10. The van der Waals surface area contributed by atoms with Crippen LogP contribution in [0.2, 0.25) is 0 Å². The summed E-state index contributed by atoms with van der Waals surface area (Å²) in [6, 6.07) is 17.6. The highest BCUT2D eigenvalue weighted by molar-refractivity contribution is 5.45. The van der Waals surface area contributed by atoms with Gasteiger partial charge in [-0.1, -0.05) is 42.0 Å². The molecule has 3 rings (SSSR count). The minimum atomic E-state index is 0.851. The minimum absolute atomic E-state index is 0.851. The van der Waals surface area contributed by atoms with Gasteiger partial charge in [0.05, 0.1) is 0 Å². The molecule has 0 saturated heterocycles. The number of nitrogens with one attached hydrogen (secondary N) is 1. The molecule has 1 heteroatoms. The Hall–Kier alpha value is -1.76. The van der Waals surface area contributed by atoms with Gasteiger partial charge in [-0.25, -0.2) is 0 Å². The fourth-order valence-corrected chi connectivity index (χ4v) is 2.20. The fourth-order valence-electron chi connectivity index (χ4n) is 2.20. The molecule has 92 valence electrons. The maximum absolute atomic E-state index is 3.45. The maximum Gasteiger partial charge on any atom is 0.0400 e. The van der Waals surface area contributed by atoms with E-state index in [2.05, 4.69) is 60.8 Å². The van der Waals surface area contributed by atoms with Crippen LogP contribution in [0.15, 0.2) is 48.5 Å². The average Bonchev–Trinajstić information content (AvgIpc) is 3.23. The van der Waals surface area contributed by atoms with E-state index in [1.165, 1.54) is 35.2 Å². The quantitative estimate of drug-likeness (QED) is 0.826. The summed E-state index contributed by atoms with van der Waals surface area (Å²) < 4.78 is 0. The minimum Gasteiger partial charge on any atom is -0.381 e. The lowest BCUT2D eigenvalue weighted by atomic mass is 10.1. The highest BCUT2D eigenvalue weighted by Crippen LogP contribution is 2.39. The maximum atomic E-state index is 3.45. The molecule has 0 radical (unpaired) electrons. The summed E-state index contributed by atoms with van der Waals surface area (Å²) in [5.41, 5.74) is 5.34. The van der Waals surface area contributed by atoms with Gasteiger partial charge in [0, 0.05) is 12.2 Å². The summed E-state index contributed by atoms with van der Waals surface area (Å²) in [5, 5.41) is 3.45. The van der Waals surface area contributed by atoms with E-state index in [4.69, 9.17) is 0 Å². The monoisotopic (exact) mass is 237 g/mol. The highest BCUT2D eigenvalue weighted by atomic mass is 14.9. The smallest absolute Gasteiger partial charge is 0.0400 e. The van der Waals surface area contributed by atoms with E-state index in [1.54, 1.807) is 0 Å². The van der Waals surface area contributed by atoms with Crippen molar-refractivity contribution in [3.05, 3.63) is 65.2 Å². The molecule has 1 nitrogen and oxygen atoms in total. The van der Waals surface area contributed by atoms with Gasteiger partial charge in [-0.15, -0.1) is 0 Å². The third kappa shape index (κ3) is 2.73. The van der Waals surface area contributed by atoms with Crippen LogP contribution in [-0.4, -0.2) is 0 Å². The zero-order valence-electron chi connectivity index (χ0n) is 10.8. The third-order valence-corrected chi connectivity index (χ3v) is 3.58. The van der Waals surface area contributed by atoms with Gasteiger partial charge in [0.15, 0.2) is 0 Å². The molecule has 0 heterocycles. The Morgan fingerprint density at radius 1 is 0.944 bits per heavy atom. The molecule has 1 aliphatic carbocycles. The molecular weight excluding hydrogens is 218 g/mol. The van der Waals surface area contributed by atoms with Crippen molar-refractivity contribution in [2.75, 3.05) is 5.32 Å². The van der Waals surface area contributed by atoms with E-state index in [-0.39, 0.29) is 0 Å². The SMILES string of the molecule is Cc1ccc(NCc2ccc(C3CC3)cc2)cc1. The molecule has 18 heavy (non-hydrogen) atoms. The fraction of sp³-hybridized carbons (Fsp3) is 0.294. The lowest BCUT2D eigenvalue weighted by Gasteiger charge is -2.07. The number of benzene rings is 2. The summed E-state index contributed by atoms with van der Waals surface area (Å²) in [6.07, 6.45) is 2.75. The Morgan fingerprint density at radius 2 is 1.61 bits per heavy atom. The van der Waals surface area contributed by atoms with E-state index in [9.17, 15) is 0 Å². The van der Waals surface area contributed by atoms with Gasteiger partial charge >= 0.3 is 0 Å². The highest BCUT2D eigenvalue weighted by Gasteiger charge is 2.22. The van der Waals surface area contributed by atoms with Gasteiger partial charge in [-0.2, -0.15) is 0 Å². The first kappa shape index (κ1) is 11.3. The largest absolute Gasteiger partial charge is 0.381 e. The molecule has 0 atom stereocenters. The second-order valence-electron chi connectivity index (χ2n) is 5.24. The van der Waals surface area contributed by atoms with Crippen LogP contribution >= 0.6 is 0 Å². The number of aryl methyl sites for hydroxylation is 1. The number of rotatable bonds is 4. The Labute approximate surface area is 109 Å². The van der Waals surface area contributed by atoms with Crippen molar-refractivity contribution in [1.29, 1.82) is 0 Å². The Morgan fingerprint density at radius 3 is 2.22 bits per heavy atom. The molecule has 0 bridgehead atoms. The lowest BCUT2D eigenvalue weighted by Crippen LogP contribution is -1.99. The first-order valence-electron chi connectivity index (χ1n) is 6.71.